The van der Waals surface area contributed by atoms with Crippen molar-refractivity contribution >= 4 is 33.3 Å². The summed E-state index contributed by atoms with van der Waals surface area (Å²) in [4.78, 5) is 2.37. The van der Waals surface area contributed by atoms with Crippen molar-refractivity contribution < 1.29 is 4.42 Å². The van der Waals surface area contributed by atoms with Crippen LogP contribution in [0.1, 0.15) is 19.8 Å². The lowest BCUT2D eigenvalue weighted by atomic mass is 10.1. The maximum absolute atomic E-state index is 6.22. The van der Waals surface area contributed by atoms with Crippen LogP contribution in [0.3, 0.4) is 0 Å². The number of hydrogen-bond acceptors (Lipinski definition) is 2. The second-order valence-corrected chi connectivity index (χ2v) is 6.09. The van der Waals surface area contributed by atoms with E-state index < -0.39 is 0 Å². The Morgan fingerprint density at radius 2 is 1.54 bits per heavy atom. The lowest BCUT2D eigenvalue weighted by Gasteiger charge is -2.25. The van der Waals surface area contributed by atoms with E-state index in [2.05, 4.69) is 72.5 Å². The first kappa shape index (κ1) is 14.8. The van der Waals surface area contributed by atoms with Crippen LogP contribution in [0.25, 0.3) is 21.9 Å². The standard InChI is InChI=1S/C22H21NO/c1-2-3-16-23(17-10-5-4-6-11-17)20-14-9-13-19-18-12-7-8-15-21(18)24-22(19)20/h4-15H,2-3,16H2,1H3. The van der Waals surface area contributed by atoms with E-state index in [-0.39, 0.29) is 0 Å². The summed E-state index contributed by atoms with van der Waals surface area (Å²) in [5.41, 5.74) is 4.27. The predicted octanol–water partition coefficient (Wildman–Crippen LogP) is 6.52. The van der Waals surface area contributed by atoms with Gasteiger partial charge in [-0.15, -0.1) is 0 Å². The summed E-state index contributed by atoms with van der Waals surface area (Å²) in [6, 6.07) is 25.3. The third kappa shape index (κ3) is 2.54. The maximum atomic E-state index is 6.22. The quantitative estimate of drug-likeness (QED) is 0.416. The number of fused-ring (bicyclic) bond motifs is 3. The molecule has 0 aliphatic rings. The molecule has 0 bridgehead atoms. The van der Waals surface area contributed by atoms with Gasteiger partial charge in [0.05, 0.1) is 5.69 Å². The monoisotopic (exact) mass is 315 g/mol. The van der Waals surface area contributed by atoms with Crippen molar-refractivity contribution in [1.82, 2.24) is 0 Å². The van der Waals surface area contributed by atoms with Gasteiger partial charge in [0.1, 0.15) is 5.58 Å². The lowest BCUT2D eigenvalue weighted by molar-refractivity contribution is 0.666. The summed E-state index contributed by atoms with van der Waals surface area (Å²) in [6.45, 7) is 3.21. The Labute approximate surface area is 142 Å². The molecule has 0 spiro atoms. The van der Waals surface area contributed by atoms with E-state index in [1.54, 1.807) is 0 Å². The van der Waals surface area contributed by atoms with Gasteiger partial charge in [-0.2, -0.15) is 0 Å². The Bertz CT molecular complexity index is 955. The van der Waals surface area contributed by atoms with Crippen molar-refractivity contribution in [3.63, 3.8) is 0 Å². The summed E-state index contributed by atoms with van der Waals surface area (Å²) >= 11 is 0. The summed E-state index contributed by atoms with van der Waals surface area (Å²) in [5.74, 6) is 0. The molecule has 0 fully saturated rings. The molecule has 0 saturated carbocycles. The minimum atomic E-state index is 0.948. The Kier molecular flexibility index (Phi) is 3.96. The fraction of sp³-hybridized carbons (Fsp3) is 0.182. The van der Waals surface area contributed by atoms with Gasteiger partial charge in [0.15, 0.2) is 5.58 Å². The summed E-state index contributed by atoms with van der Waals surface area (Å²) in [6.07, 6.45) is 2.31. The number of benzene rings is 3. The molecule has 0 aliphatic carbocycles. The molecule has 0 aliphatic heterocycles. The van der Waals surface area contributed by atoms with E-state index in [0.717, 1.165) is 29.8 Å². The zero-order chi connectivity index (χ0) is 16.4. The van der Waals surface area contributed by atoms with Gasteiger partial charge >= 0.3 is 0 Å². The Morgan fingerprint density at radius 1 is 0.792 bits per heavy atom. The molecule has 2 nitrogen and oxygen atoms in total. The molecular formula is C22H21NO. The molecular weight excluding hydrogens is 294 g/mol. The van der Waals surface area contributed by atoms with E-state index in [0.29, 0.717) is 0 Å². The second-order valence-electron chi connectivity index (χ2n) is 6.09. The fourth-order valence-electron chi connectivity index (χ4n) is 3.26. The van der Waals surface area contributed by atoms with Gasteiger partial charge in [-0.05, 0) is 30.7 Å². The first-order valence-electron chi connectivity index (χ1n) is 8.61. The molecule has 0 N–H and O–H groups in total. The largest absolute Gasteiger partial charge is 0.454 e. The predicted molar refractivity (Wildman–Crippen MR) is 102 cm³/mol. The topological polar surface area (TPSA) is 16.4 Å². The van der Waals surface area contributed by atoms with Crippen molar-refractivity contribution in [1.29, 1.82) is 0 Å². The summed E-state index contributed by atoms with van der Waals surface area (Å²) in [5, 5.41) is 2.36. The van der Waals surface area contributed by atoms with E-state index in [4.69, 9.17) is 4.42 Å². The Morgan fingerprint density at radius 3 is 2.38 bits per heavy atom. The first-order valence-corrected chi connectivity index (χ1v) is 8.61. The third-order valence-electron chi connectivity index (χ3n) is 4.48. The van der Waals surface area contributed by atoms with Crippen molar-refractivity contribution in [3.8, 4) is 0 Å². The highest BCUT2D eigenvalue weighted by atomic mass is 16.3. The lowest BCUT2D eigenvalue weighted by Crippen LogP contribution is -2.18. The molecule has 120 valence electrons. The molecule has 0 radical (unpaired) electrons. The number of rotatable bonds is 5. The number of para-hydroxylation sites is 3. The van der Waals surface area contributed by atoms with Crippen LogP contribution in [-0.4, -0.2) is 6.54 Å². The molecule has 0 unspecified atom stereocenters. The first-order chi connectivity index (χ1) is 11.9. The van der Waals surface area contributed by atoms with Crippen LogP contribution in [0, 0.1) is 0 Å². The normalized spacial score (nSPS) is 11.2. The second kappa shape index (κ2) is 6.40. The summed E-state index contributed by atoms with van der Waals surface area (Å²) in [7, 11) is 0. The SMILES string of the molecule is CCCCN(c1ccccc1)c1cccc2c1oc1ccccc12. The smallest absolute Gasteiger partial charge is 0.159 e. The molecule has 2 heteroatoms. The van der Waals surface area contributed by atoms with Crippen LogP contribution in [0.15, 0.2) is 77.2 Å². The van der Waals surface area contributed by atoms with Gasteiger partial charge in [0.2, 0.25) is 0 Å². The van der Waals surface area contributed by atoms with E-state index in [9.17, 15) is 0 Å². The van der Waals surface area contributed by atoms with Crippen LogP contribution in [0.5, 0.6) is 0 Å². The summed E-state index contributed by atoms with van der Waals surface area (Å²) < 4.78 is 6.22. The molecule has 24 heavy (non-hydrogen) atoms. The molecule has 0 saturated heterocycles. The van der Waals surface area contributed by atoms with Gasteiger partial charge in [-0.25, -0.2) is 0 Å². The molecule has 4 aromatic rings. The Hall–Kier alpha value is -2.74. The van der Waals surface area contributed by atoms with E-state index in [1.165, 1.54) is 22.9 Å². The van der Waals surface area contributed by atoms with Crippen molar-refractivity contribution in [2.45, 2.75) is 19.8 Å². The van der Waals surface area contributed by atoms with E-state index in [1.807, 2.05) is 12.1 Å². The molecule has 1 aromatic heterocycles. The maximum Gasteiger partial charge on any atom is 0.159 e. The minimum absolute atomic E-state index is 0.948. The highest BCUT2D eigenvalue weighted by molar-refractivity contribution is 6.09. The van der Waals surface area contributed by atoms with Crippen LogP contribution < -0.4 is 4.90 Å². The average molecular weight is 315 g/mol. The minimum Gasteiger partial charge on any atom is -0.454 e. The zero-order valence-corrected chi connectivity index (χ0v) is 13.9. The molecule has 3 aromatic carbocycles. The van der Waals surface area contributed by atoms with Crippen LogP contribution in [0.2, 0.25) is 0 Å². The Balaban J connectivity index is 1.91. The third-order valence-corrected chi connectivity index (χ3v) is 4.48. The molecule has 1 heterocycles. The van der Waals surface area contributed by atoms with Gasteiger partial charge in [0, 0.05) is 23.0 Å². The van der Waals surface area contributed by atoms with Gasteiger partial charge in [0.25, 0.3) is 0 Å². The highest BCUT2D eigenvalue weighted by Gasteiger charge is 2.16. The average Bonchev–Trinajstić information content (AvgIpc) is 3.02. The zero-order valence-electron chi connectivity index (χ0n) is 13.9. The fourth-order valence-corrected chi connectivity index (χ4v) is 3.26. The van der Waals surface area contributed by atoms with Crippen LogP contribution in [-0.2, 0) is 0 Å². The number of nitrogens with zero attached hydrogens (tertiary/aromatic N) is 1. The van der Waals surface area contributed by atoms with Crippen molar-refractivity contribution in [2.24, 2.45) is 0 Å². The van der Waals surface area contributed by atoms with Crippen LogP contribution >= 0.6 is 0 Å². The van der Waals surface area contributed by atoms with Gasteiger partial charge < -0.3 is 9.32 Å². The van der Waals surface area contributed by atoms with E-state index >= 15 is 0 Å². The number of anilines is 2. The number of furan rings is 1. The molecule has 4 rings (SSSR count). The van der Waals surface area contributed by atoms with Crippen molar-refractivity contribution in [2.75, 3.05) is 11.4 Å². The molecule has 0 amide bonds. The van der Waals surface area contributed by atoms with Gasteiger partial charge in [-0.3, -0.25) is 0 Å². The van der Waals surface area contributed by atoms with Gasteiger partial charge in [-0.1, -0.05) is 61.9 Å². The number of hydrogen-bond donors (Lipinski definition) is 0. The highest BCUT2D eigenvalue weighted by Crippen LogP contribution is 2.37. The number of unbranched alkanes of at least 4 members (excludes halogenated alkanes) is 1. The van der Waals surface area contributed by atoms with Crippen molar-refractivity contribution in [3.05, 3.63) is 72.8 Å². The molecule has 0 atom stereocenters. The van der Waals surface area contributed by atoms with Crippen LogP contribution in [0.4, 0.5) is 11.4 Å².